The van der Waals surface area contributed by atoms with E-state index < -0.39 is 48.0 Å². The summed E-state index contributed by atoms with van der Waals surface area (Å²) in [6.07, 6.45) is -1.46. The third-order valence-corrected chi connectivity index (χ3v) is 20.0. The summed E-state index contributed by atoms with van der Waals surface area (Å²) < 4.78 is 72.6. The molecular weight excluding hydrogens is 1350 g/mol. The second kappa shape index (κ2) is 32.7. The number of carbonyl (C=O) groups excluding carboxylic acids is 6. The lowest BCUT2D eigenvalue weighted by Gasteiger charge is -2.24. The van der Waals surface area contributed by atoms with Crippen LogP contribution in [-0.4, -0.2) is 78.5 Å². The van der Waals surface area contributed by atoms with Crippen molar-refractivity contribution in [1.29, 1.82) is 0 Å². The number of rotatable bonds is 24. The minimum absolute atomic E-state index is 0.0580. The number of ether oxygens (including phenoxy) is 12. The summed E-state index contributed by atoms with van der Waals surface area (Å²) in [5, 5.41) is 0. The predicted octanol–water partition coefficient (Wildman–Crippen LogP) is 18.4. The van der Waals surface area contributed by atoms with Gasteiger partial charge in [-0.05, 0) is 186 Å². The van der Waals surface area contributed by atoms with Gasteiger partial charge in [0.25, 0.3) is 0 Å². The van der Waals surface area contributed by atoms with E-state index in [9.17, 15) is 28.8 Å². The number of carbonyl (C=O) groups is 6. The van der Waals surface area contributed by atoms with Crippen LogP contribution in [0.1, 0.15) is 163 Å². The van der Waals surface area contributed by atoms with Gasteiger partial charge in [0.15, 0.2) is 12.2 Å². The lowest BCUT2D eigenvalue weighted by atomic mass is 9.95. The zero-order chi connectivity index (χ0) is 75.8. The Morgan fingerprint density at radius 1 is 0.257 bits per heavy atom. The van der Waals surface area contributed by atoms with E-state index in [1.165, 1.54) is 54.4 Å². The largest absolute Gasteiger partial charge is 0.496 e. The standard InChI is InChI=1S/C86H82O18S/c1-45-49(5)71(53(9)75(95-15)67(45)83(89)101-73-51(7)47(3)69(77(97-17)55(73)11)85(91)103-79(57-31-23-19-24-32-57)58-33-25-20-26-34-58)99-81(87)63-43-61(39-41-65(63)93-13)105-62-40-42-66(94-14)64(44-62)82(88)100-72-50(6)46(2)68(76(96-16)54(72)10)84(90)102-74-52(8)48(4)70(78(98-18)56(74)12)86(92)104-80(59-35-27-21-28-36-59)60-37-29-22-30-38-60/h19-44,79-80H,1-18H3. The maximum Gasteiger partial charge on any atom is 0.347 e. The van der Waals surface area contributed by atoms with Gasteiger partial charge in [0.05, 0.1) is 42.7 Å². The summed E-state index contributed by atoms with van der Waals surface area (Å²) in [7, 11) is 8.51. The lowest BCUT2D eigenvalue weighted by Crippen LogP contribution is -2.19. The Bertz CT molecular complexity index is 4640. The summed E-state index contributed by atoms with van der Waals surface area (Å²) >= 11 is 1.23. The average molecular weight is 1440 g/mol. The van der Waals surface area contributed by atoms with Crippen LogP contribution < -0.4 is 47.4 Å². The van der Waals surface area contributed by atoms with Crippen molar-refractivity contribution < 1.29 is 85.6 Å². The Morgan fingerprint density at radius 2 is 0.495 bits per heavy atom. The first kappa shape index (κ1) is 75.8. The van der Waals surface area contributed by atoms with Crippen LogP contribution in [0.5, 0.6) is 57.5 Å². The van der Waals surface area contributed by atoms with E-state index in [0.29, 0.717) is 76.6 Å². The van der Waals surface area contributed by atoms with Crippen molar-refractivity contribution in [2.24, 2.45) is 0 Å². The van der Waals surface area contributed by atoms with E-state index in [2.05, 4.69) is 0 Å². The van der Waals surface area contributed by atoms with Gasteiger partial charge in [-0.1, -0.05) is 133 Å². The first-order chi connectivity index (χ1) is 50.3. The summed E-state index contributed by atoms with van der Waals surface area (Å²) in [6, 6.07) is 47.6. The van der Waals surface area contributed by atoms with Crippen molar-refractivity contribution in [2.45, 2.75) is 105 Å². The summed E-state index contributed by atoms with van der Waals surface area (Å²) in [4.78, 5) is 88.2. The van der Waals surface area contributed by atoms with Crippen molar-refractivity contribution in [3.63, 3.8) is 0 Å². The molecule has 0 aliphatic rings. The predicted molar refractivity (Wildman–Crippen MR) is 399 cm³/mol. The highest BCUT2D eigenvalue weighted by molar-refractivity contribution is 7.99. The van der Waals surface area contributed by atoms with Crippen molar-refractivity contribution in [3.8, 4) is 57.5 Å². The molecule has 19 heteroatoms. The molecule has 10 aromatic rings. The number of esters is 6. The van der Waals surface area contributed by atoms with Crippen LogP contribution >= 0.6 is 11.8 Å². The molecule has 0 atom stereocenters. The highest BCUT2D eigenvalue weighted by atomic mass is 32.2. The fraction of sp³-hybridized carbons (Fsp3) is 0.233. The number of benzene rings is 10. The Balaban J connectivity index is 0.864. The fourth-order valence-electron chi connectivity index (χ4n) is 13.1. The molecule has 0 radical (unpaired) electrons. The Labute approximate surface area is 615 Å². The van der Waals surface area contributed by atoms with Gasteiger partial charge in [-0.2, -0.15) is 0 Å². The smallest absolute Gasteiger partial charge is 0.347 e. The fourth-order valence-corrected chi connectivity index (χ4v) is 14.0. The minimum atomic E-state index is -0.788. The molecule has 0 aliphatic heterocycles. The lowest BCUT2D eigenvalue weighted by molar-refractivity contribution is 0.0364. The minimum Gasteiger partial charge on any atom is -0.496 e. The summed E-state index contributed by atoms with van der Waals surface area (Å²) in [5.41, 5.74) is 8.80. The van der Waals surface area contributed by atoms with Gasteiger partial charge in [-0.25, -0.2) is 28.8 Å². The van der Waals surface area contributed by atoms with Crippen LogP contribution in [0.25, 0.3) is 0 Å². The molecular formula is C86H82O18S. The van der Waals surface area contributed by atoms with Gasteiger partial charge < -0.3 is 56.8 Å². The van der Waals surface area contributed by atoms with Crippen LogP contribution in [0.2, 0.25) is 0 Å². The highest BCUT2D eigenvalue weighted by Crippen LogP contribution is 2.47. The molecule has 0 spiro atoms. The molecule has 0 aromatic heterocycles. The van der Waals surface area contributed by atoms with Crippen LogP contribution in [-0.2, 0) is 9.47 Å². The SMILES string of the molecule is COc1ccc(Sc2ccc(OC)c(C(=O)Oc3c(C)c(C)c(C(=O)Oc4c(C)c(C)c(C(=O)OC(c5ccccc5)c5ccccc5)c(OC)c4C)c(OC)c3C)c2)cc1C(=O)Oc1c(C)c(C)c(C(=O)Oc2c(C)c(C)c(C(=O)OC(c3ccccc3)c3ccccc3)c(OC)c2C)c(OC)c1C. The van der Waals surface area contributed by atoms with Gasteiger partial charge in [0.2, 0.25) is 0 Å². The van der Waals surface area contributed by atoms with Crippen LogP contribution in [0.4, 0.5) is 0 Å². The molecule has 18 nitrogen and oxygen atoms in total. The maximum absolute atomic E-state index is 14.7. The molecule has 0 fully saturated rings. The summed E-state index contributed by atoms with van der Waals surface area (Å²) in [6.45, 7) is 20.5. The van der Waals surface area contributed by atoms with E-state index in [-0.39, 0.29) is 90.9 Å². The molecule has 0 unspecified atom stereocenters. The van der Waals surface area contributed by atoms with E-state index in [1.54, 1.807) is 119 Å². The molecule has 0 heterocycles. The number of hydrogen-bond acceptors (Lipinski definition) is 19. The third kappa shape index (κ3) is 15.2. The summed E-state index contributed by atoms with van der Waals surface area (Å²) in [5.74, 6) is -2.83. The number of methoxy groups -OCH3 is 6. The monoisotopic (exact) mass is 1430 g/mol. The van der Waals surface area contributed by atoms with Crippen molar-refractivity contribution in [1.82, 2.24) is 0 Å². The molecule has 0 bridgehead atoms. The van der Waals surface area contributed by atoms with E-state index in [4.69, 9.17) is 56.8 Å². The van der Waals surface area contributed by atoms with Gasteiger partial charge in [0.1, 0.15) is 90.9 Å². The van der Waals surface area contributed by atoms with Gasteiger partial charge in [-0.15, -0.1) is 0 Å². The van der Waals surface area contributed by atoms with Crippen molar-refractivity contribution in [2.75, 3.05) is 42.7 Å². The van der Waals surface area contributed by atoms with Crippen LogP contribution in [0.3, 0.4) is 0 Å². The van der Waals surface area contributed by atoms with Crippen LogP contribution in [0, 0.1) is 83.1 Å². The van der Waals surface area contributed by atoms with Crippen LogP contribution in [0.15, 0.2) is 168 Å². The first-order valence-corrected chi connectivity index (χ1v) is 34.4. The van der Waals surface area contributed by atoms with Crippen molar-refractivity contribution >= 4 is 47.6 Å². The molecule has 0 aliphatic carbocycles. The number of hydrogen-bond donors (Lipinski definition) is 0. The molecule has 0 saturated carbocycles. The molecule has 540 valence electrons. The topological polar surface area (TPSA) is 213 Å². The van der Waals surface area contributed by atoms with E-state index in [0.717, 1.165) is 22.3 Å². The Kier molecular flexibility index (Phi) is 23.6. The molecule has 0 amide bonds. The molecule has 0 N–H and O–H groups in total. The Morgan fingerprint density at radius 3 is 0.733 bits per heavy atom. The molecule has 0 saturated heterocycles. The zero-order valence-corrected chi connectivity index (χ0v) is 62.7. The first-order valence-electron chi connectivity index (χ1n) is 33.6. The van der Waals surface area contributed by atoms with Gasteiger partial charge in [-0.3, -0.25) is 0 Å². The molecule has 105 heavy (non-hydrogen) atoms. The Hall–Kier alpha value is -11.8. The van der Waals surface area contributed by atoms with Gasteiger partial charge in [0, 0.05) is 32.0 Å². The molecule has 10 rings (SSSR count). The molecule has 10 aromatic carbocycles. The normalized spacial score (nSPS) is 11.0. The average Bonchev–Trinajstić information content (AvgIpc) is 0.772. The maximum atomic E-state index is 14.7. The third-order valence-electron chi connectivity index (χ3n) is 19.0. The quantitative estimate of drug-likeness (QED) is 0.0406. The van der Waals surface area contributed by atoms with E-state index >= 15 is 0 Å². The highest BCUT2D eigenvalue weighted by Gasteiger charge is 2.35. The second-order valence-corrected chi connectivity index (χ2v) is 26.2. The van der Waals surface area contributed by atoms with E-state index in [1.807, 2.05) is 121 Å². The zero-order valence-electron chi connectivity index (χ0n) is 61.9. The van der Waals surface area contributed by atoms with Gasteiger partial charge >= 0.3 is 35.8 Å². The van der Waals surface area contributed by atoms with Crippen molar-refractivity contribution in [3.05, 3.63) is 280 Å². The second-order valence-electron chi connectivity index (χ2n) is 25.0.